The molecule has 2 heteroatoms. The van der Waals surface area contributed by atoms with Gasteiger partial charge in [-0.2, -0.15) is 0 Å². The first-order chi connectivity index (χ1) is 6.69. The molecule has 14 heavy (non-hydrogen) atoms. The molecule has 1 aliphatic rings. The molecule has 0 bridgehead atoms. The third-order valence-corrected chi connectivity index (χ3v) is 3.28. The van der Waals surface area contributed by atoms with E-state index in [0.29, 0.717) is 4.49 Å². The van der Waals surface area contributed by atoms with Crippen LogP contribution in [0.25, 0.3) is 0 Å². The Morgan fingerprint density at radius 2 is 2.14 bits per heavy atom. The number of allylic oxidation sites excluding steroid dienone is 3. The molecule has 1 rings (SSSR count). The Morgan fingerprint density at radius 1 is 1.43 bits per heavy atom. The Bertz CT molecular complexity index is 247. The second kappa shape index (κ2) is 5.82. The molecule has 0 nitrogen and oxygen atoms in total. The topological polar surface area (TPSA) is 0 Å². The van der Waals surface area contributed by atoms with Crippen molar-refractivity contribution in [3.8, 4) is 0 Å². The fourth-order valence-electron chi connectivity index (χ4n) is 2.40. The van der Waals surface area contributed by atoms with Gasteiger partial charge in [-0.25, -0.2) is 0 Å². The van der Waals surface area contributed by atoms with Gasteiger partial charge in [0.1, 0.15) is 4.49 Å². The van der Waals surface area contributed by atoms with Crippen molar-refractivity contribution in [1.82, 2.24) is 0 Å². The molecule has 0 fully saturated rings. The lowest BCUT2D eigenvalue weighted by Gasteiger charge is -2.26. The molecule has 0 spiro atoms. The smallest absolute Gasteiger partial charge is 0.0709 e. The predicted molar refractivity (Wildman–Crippen MR) is 64.7 cm³/mol. The highest BCUT2D eigenvalue weighted by atomic mass is 35.5. The molecule has 0 heterocycles. The van der Waals surface area contributed by atoms with Crippen molar-refractivity contribution in [2.24, 2.45) is 5.92 Å². The zero-order chi connectivity index (χ0) is 10.6. The maximum absolute atomic E-state index is 5.72. The summed E-state index contributed by atoms with van der Waals surface area (Å²) < 4.78 is 0.391. The molecule has 0 radical (unpaired) electrons. The van der Waals surface area contributed by atoms with Crippen LogP contribution in [0, 0.1) is 5.92 Å². The van der Waals surface area contributed by atoms with Crippen LogP contribution in [-0.4, -0.2) is 0 Å². The van der Waals surface area contributed by atoms with E-state index in [9.17, 15) is 0 Å². The minimum Gasteiger partial charge on any atom is -0.0709 e. The molecule has 0 aromatic heterocycles. The van der Waals surface area contributed by atoms with Crippen molar-refractivity contribution >= 4 is 23.2 Å². The summed E-state index contributed by atoms with van der Waals surface area (Å²) in [5.74, 6) is 0.757. The summed E-state index contributed by atoms with van der Waals surface area (Å²) in [6, 6.07) is 0. The molecule has 1 aliphatic carbocycles. The monoisotopic (exact) mass is 232 g/mol. The standard InChI is InChI=1S/C12H18Cl2/c1-3-9-6-5-7-10(8-12(13)14)11(9)4-2/h8-9H,3-7H2,1-2H3. The van der Waals surface area contributed by atoms with Gasteiger partial charge in [0.2, 0.25) is 0 Å². The molecular weight excluding hydrogens is 215 g/mol. The van der Waals surface area contributed by atoms with Crippen molar-refractivity contribution < 1.29 is 0 Å². The second-order valence-electron chi connectivity index (χ2n) is 3.84. The lowest BCUT2D eigenvalue weighted by atomic mass is 9.80. The highest BCUT2D eigenvalue weighted by Gasteiger charge is 2.19. The van der Waals surface area contributed by atoms with Crippen LogP contribution in [0.3, 0.4) is 0 Å². The quantitative estimate of drug-likeness (QED) is 0.626. The molecule has 0 saturated heterocycles. The number of hydrogen-bond donors (Lipinski definition) is 0. The minimum absolute atomic E-state index is 0.391. The van der Waals surface area contributed by atoms with Gasteiger partial charge in [0.15, 0.2) is 0 Å². The molecule has 0 amide bonds. The van der Waals surface area contributed by atoms with Crippen LogP contribution >= 0.6 is 23.2 Å². The largest absolute Gasteiger partial charge is 0.107 e. The summed E-state index contributed by atoms with van der Waals surface area (Å²) in [6.45, 7) is 4.48. The van der Waals surface area contributed by atoms with Gasteiger partial charge in [0.05, 0.1) is 0 Å². The third-order valence-electron chi connectivity index (χ3n) is 3.06. The van der Waals surface area contributed by atoms with Crippen LogP contribution in [0.2, 0.25) is 0 Å². The van der Waals surface area contributed by atoms with Crippen LogP contribution in [0.15, 0.2) is 21.7 Å². The van der Waals surface area contributed by atoms with Gasteiger partial charge in [0.25, 0.3) is 0 Å². The van der Waals surface area contributed by atoms with Gasteiger partial charge in [0, 0.05) is 0 Å². The SMILES string of the molecule is CCC1=C(C=C(Cl)Cl)CCCC1CC. The Hall–Kier alpha value is 0.0600. The van der Waals surface area contributed by atoms with Crippen LogP contribution in [0.1, 0.15) is 46.0 Å². The lowest BCUT2D eigenvalue weighted by molar-refractivity contribution is 0.476. The first-order valence-corrected chi connectivity index (χ1v) is 6.19. The zero-order valence-corrected chi connectivity index (χ0v) is 10.5. The molecule has 0 N–H and O–H groups in total. The number of hydrogen-bond acceptors (Lipinski definition) is 0. The first kappa shape index (κ1) is 12.1. The third kappa shape index (κ3) is 3.03. The summed E-state index contributed by atoms with van der Waals surface area (Å²) in [4.78, 5) is 0. The predicted octanol–water partition coefficient (Wildman–Crippen LogP) is 5.22. The van der Waals surface area contributed by atoms with Crippen molar-refractivity contribution in [2.45, 2.75) is 46.0 Å². The Balaban J connectivity index is 2.94. The van der Waals surface area contributed by atoms with E-state index in [1.807, 2.05) is 6.08 Å². The second-order valence-corrected chi connectivity index (χ2v) is 4.84. The van der Waals surface area contributed by atoms with Crippen molar-refractivity contribution in [2.75, 3.05) is 0 Å². The van der Waals surface area contributed by atoms with Crippen LogP contribution < -0.4 is 0 Å². The normalized spacial score (nSPS) is 22.4. The minimum atomic E-state index is 0.391. The zero-order valence-electron chi connectivity index (χ0n) is 8.95. The summed E-state index contributed by atoms with van der Waals surface area (Å²) in [5, 5.41) is 0. The molecular formula is C12H18Cl2. The van der Waals surface area contributed by atoms with Gasteiger partial charge >= 0.3 is 0 Å². The van der Waals surface area contributed by atoms with Crippen molar-refractivity contribution in [3.63, 3.8) is 0 Å². The first-order valence-electron chi connectivity index (χ1n) is 5.43. The average Bonchev–Trinajstić information content (AvgIpc) is 2.16. The number of rotatable bonds is 3. The van der Waals surface area contributed by atoms with Crippen LogP contribution in [-0.2, 0) is 0 Å². The maximum atomic E-state index is 5.72. The van der Waals surface area contributed by atoms with E-state index in [0.717, 1.165) is 18.8 Å². The van der Waals surface area contributed by atoms with Crippen LogP contribution in [0.5, 0.6) is 0 Å². The Labute approximate surface area is 97.0 Å². The van der Waals surface area contributed by atoms with Gasteiger partial charge in [-0.15, -0.1) is 0 Å². The van der Waals surface area contributed by atoms with Gasteiger partial charge < -0.3 is 0 Å². The molecule has 1 atom stereocenters. The van der Waals surface area contributed by atoms with Crippen molar-refractivity contribution in [1.29, 1.82) is 0 Å². The maximum Gasteiger partial charge on any atom is 0.107 e. The van der Waals surface area contributed by atoms with E-state index >= 15 is 0 Å². The van der Waals surface area contributed by atoms with E-state index in [-0.39, 0.29) is 0 Å². The van der Waals surface area contributed by atoms with E-state index in [2.05, 4.69) is 13.8 Å². The van der Waals surface area contributed by atoms with E-state index in [1.54, 1.807) is 5.57 Å². The van der Waals surface area contributed by atoms with E-state index in [4.69, 9.17) is 23.2 Å². The Morgan fingerprint density at radius 3 is 2.64 bits per heavy atom. The summed E-state index contributed by atoms with van der Waals surface area (Å²) in [5.41, 5.74) is 2.95. The van der Waals surface area contributed by atoms with Gasteiger partial charge in [-0.05, 0) is 49.7 Å². The molecule has 0 aromatic carbocycles. The average molecular weight is 233 g/mol. The highest BCUT2D eigenvalue weighted by Crippen LogP contribution is 2.35. The lowest BCUT2D eigenvalue weighted by Crippen LogP contribution is -2.10. The highest BCUT2D eigenvalue weighted by molar-refractivity contribution is 6.56. The van der Waals surface area contributed by atoms with E-state index in [1.165, 1.54) is 24.8 Å². The molecule has 80 valence electrons. The summed E-state index contributed by atoms with van der Waals surface area (Å²) in [6.07, 6.45) is 8.05. The van der Waals surface area contributed by atoms with Crippen molar-refractivity contribution in [3.05, 3.63) is 21.7 Å². The number of halogens is 2. The summed E-state index contributed by atoms with van der Waals surface area (Å²) in [7, 11) is 0. The van der Waals surface area contributed by atoms with Gasteiger partial charge in [-0.3, -0.25) is 0 Å². The Kier molecular flexibility index (Phi) is 5.05. The molecule has 0 aromatic rings. The fourth-order valence-corrected chi connectivity index (χ4v) is 2.66. The molecule has 0 saturated carbocycles. The van der Waals surface area contributed by atoms with Gasteiger partial charge in [-0.1, -0.05) is 42.6 Å². The fraction of sp³-hybridized carbons (Fsp3) is 0.667. The van der Waals surface area contributed by atoms with Crippen LogP contribution in [0.4, 0.5) is 0 Å². The molecule has 1 unspecified atom stereocenters. The van der Waals surface area contributed by atoms with E-state index < -0.39 is 0 Å². The molecule has 0 aliphatic heterocycles. The summed E-state index contributed by atoms with van der Waals surface area (Å²) >= 11 is 11.4.